The van der Waals surface area contributed by atoms with Gasteiger partial charge in [0.1, 0.15) is 28.7 Å². The predicted molar refractivity (Wildman–Crippen MR) is 124 cm³/mol. The molecule has 0 spiro atoms. The number of aliphatic hydroxyl groups excluding tert-OH is 1. The van der Waals surface area contributed by atoms with Crippen molar-refractivity contribution in [3.8, 4) is 5.69 Å². The van der Waals surface area contributed by atoms with Gasteiger partial charge in [0.25, 0.3) is 11.5 Å². The number of fused-ring (bicyclic) bond motifs is 1. The zero-order valence-corrected chi connectivity index (χ0v) is 18.2. The van der Waals surface area contributed by atoms with E-state index in [9.17, 15) is 19.1 Å². The number of carbonyl (C=O) groups is 1. The first-order chi connectivity index (χ1) is 16.4. The van der Waals surface area contributed by atoms with Gasteiger partial charge in [-0.1, -0.05) is 6.07 Å². The van der Waals surface area contributed by atoms with E-state index in [1.807, 2.05) is 0 Å². The summed E-state index contributed by atoms with van der Waals surface area (Å²) in [6.45, 7) is 0. The minimum absolute atomic E-state index is 0.216. The van der Waals surface area contributed by atoms with E-state index in [1.54, 1.807) is 37.5 Å². The summed E-state index contributed by atoms with van der Waals surface area (Å²) < 4.78 is 16.5. The first-order valence-corrected chi connectivity index (χ1v) is 10.7. The fourth-order valence-electron chi connectivity index (χ4n) is 3.82. The highest BCUT2D eigenvalue weighted by atomic mass is 19.1. The van der Waals surface area contributed by atoms with Crippen molar-refractivity contribution in [3.63, 3.8) is 0 Å². The summed E-state index contributed by atoms with van der Waals surface area (Å²) in [6.07, 6.45) is 3.76. The van der Waals surface area contributed by atoms with Gasteiger partial charge in [-0.25, -0.2) is 9.37 Å². The van der Waals surface area contributed by atoms with E-state index in [-0.39, 0.29) is 22.9 Å². The van der Waals surface area contributed by atoms with E-state index in [0.29, 0.717) is 30.2 Å². The molecule has 174 valence electrons. The number of hydrogen-bond donors (Lipinski definition) is 4. The van der Waals surface area contributed by atoms with Crippen LogP contribution < -0.4 is 21.5 Å². The Balaban J connectivity index is 1.50. The topological polar surface area (TPSA) is 126 Å². The Morgan fingerprint density at radius 2 is 2.06 bits per heavy atom. The Morgan fingerprint density at radius 3 is 2.76 bits per heavy atom. The van der Waals surface area contributed by atoms with E-state index in [0.717, 1.165) is 0 Å². The van der Waals surface area contributed by atoms with Gasteiger partial charge >= 0.3 is 0 Å². The van der Waals surface area contributed by atoms with E-state index < -0.39 is 23.4 Å². The standard InChI is InChI=1S/C23H22FN7O3/c1-25-20-11-19(27-17-6-3-9-30(23(17)34)14-5-2-4-13(24)10-14)29-21-15(12-26-31(20)21)22(33)28-16-7-8-18(16)32/h2-6,9-12,16,18,25,32H,7-8H2,1H3,(H,27,29)(H,28,33). The van der Waals surface area contributed by atoms with Crippen LogP contribution in [0.1, 0.15) is 23.2 Å². The molecule has 10 nitrogen and oxygen atoms in total. The lowest BCUT2D eigenvalue weighted by Gasteiger charge is -2.32. The molecule has 0 radical (unpaired) electrons. The van der Waals surface area contributed by atoms with Crippen molar-refractivity contribution in [2.24, 2.45) is 0 Å². The number of amides is 1. The van der Waals surface area contributed by atoms with Gasteiger partial charge < -0.3 is 21.1 Å². The Kier molecular flexibility index (Phi) is 5.46. The molecule has 3 heterocycles. The van der Waals surface area contributed by atoms with Crippen LogP contribution in [0.3, 0.4) is 0 Å². The molecule has 1 aliphatic rings. The second-order valence-electron chi connectivity index (χ2n) is 8.00. The van der Waals surface area contributed by atoms with Gasteiger partial charge in [0.2, 0.25) is 0 Å². The maximum Gasteiger partial charge on any atom is 0.278 e. The molecule has 4 N–H and O–H groups in total. The number of nitrogens with one attached hydrogen (secondary N) is 3. The third-order valence-corrected chi connectivity index (χ3v) is 5.82. The van der Waals surface area contributed by atoms with Gasteiger partial charge in [-0.2, -0.15) is 9.61 Å². The van der Waals surface area contributed by atoms with Gasteiger partial charge in [0.15, 0.2) is 5.65 Å². The average molecular weight is 463 g/mol. The number of pyridine rings is 1. The van der Waals surface area contributed by atoms with Crippen LogP contribution >= 0.6 is 0 Å². The molecular weight excluding hydrogens is 441 g/mol. The lowest BCUT2D eigenvalue weighted by molar-refractivity contribution is 0.0448. The molecule has 5 rings (SSSR count). The molecule has 1 aromatic carbocycles. The van der Waals surface area contributed by atoms with Crippen LogP contribution in [-0.4, -0.2) is 49.4 Å². The van der Waals surface area contributed by atoms with Crippen molar-refractivity contribution < 1.29 is 14.3 Å². The first-order valence-electron chi connectivity index (χ1n) is 10.7. The van der Waals surface area contributed by atoms with Crippen molar-refractivity contribution in [2.75, 3.05) is 17.7 Å². The van der Waals surface area contributed by atoms with Crippen molar-refractivity contribution in [2.45, 2.75) is 25.0 Å². The third kappa shape index (κ3) is 3.86. The fraction of sp³-hybridized carbons (Fsp3) is 0.217. The maximum absolute atomic E-state index is 13.7. The molecule has 11 heteroatoms. The van der Waals surface area contributed by atoms with Crippen molar-refractivity contribution >= 4 is 28.9 Å². The first kappa shape index (κ1) is 21.6. The number of anilines is 3. The summed E-state index contributed by atoms with van der Waals surface area (Å²) in [5, 5.41) is 22.8. The molecule has 1 fully saturated rings. The zero-order chi connectivity index (χ0) is 23.8. The molecule has 1 amide bonds. The van der Waals surface area contributed by atoms with Crippen LogP contribution in [0.2, 0.25) is 0 Å². The fourth-order valence-corrected chi connectivity index (χ4v) is 3.82. The number of aromatic nitrogens is 4. The van der Waals surface area contributed by atoms with Crippen molar-refractivity contribution in [1.82, 2.24) is 24.5 Å². The number of aliphatic hydroxyl groups is 1. The number of hydrogen-bond acceptors (Lipinski definition) is 7. The van der Waals surface area contributed by atoms with Gasteiger partial charge in [0, 0.05) is 19.3 Å². The highest BCUT2D eigenvalue weighted by Gasteiger charge is 2.31. The van der Waals surface area contributed by atoms with Crippen LogP contribution in [-0.2, 0) is 0 Å². The molecule has 2 atom stereocenters. The highest BCUT2D eigenvalue weighted by Crippen LogP contribution is 2.23. The summed E-state index contributed by atoms with van der Waals surface area (Å²) in [5.41, 5.74) is 0.729. The predicted octanol–water partition coefficient (Wildman–Crippen LogP) is 2.06. The smallest absolute Gasteiger partial charge is 0.278 e. The SMILES string of the molecule is CNc1cc(Nc2cccn(-c3cccc(F)c3)c2=O)nc2c(C(=O)NC3CCC3O)cnn12. The van der Waals surface area contributed by atoms with Crippen LogP contribution in [0, 0.1) is 5.82 Å². The lowest BCUT2D eigenvalue weighted by atomic mass is 9.89. The second-order valence-corrected chi connectivity index (χ2v) is 8.00. The number of carbonyl (C=O) groups excluding carboxylic acids is 1. The number of nitrogens with zero attached hydrogens (tertiary/aromatic N) is 4. The number of rotatable bonds is 6. The molecule has 3 aromatic heterocycles. The minimum atomic E-state index is -0.554. The zero-order valence-electron chi connectivity index (χ0n) is 18.2. The molecule has 34 heavy (non-hydrogen) atoms. The van der Waals surface area contributed by atoms with Crippen LogP contribution in [0.5, 0.6) is 0 Å². The Bertz CT molecular complexity index is 1450. The Labute approximate surface area is 193 Å². The quantitative estimate of drug-likeness (QED) is 0.345. The average Bonchev–Trinajstić information content (AvgIpc) is 3.26. The van der Waals surface area contributed by atoms with Gasteiger partial charge in [-0.15, -0.1) is 0 Å². The highest BCUT2D eigenvalue weighted by molar-refractivity contribution is 6.00. The molecule has 0 bridgehead atoms. The summed E-state index contributed by atoms with van der Waals surface area (Å²) in [5.74, 6) is 0.00825. The Morgan fingerprint density at radius 1 is 1.21 bits per heavy atom. The van der Waals surface area contributed by atoms with E-state index in [4.69, 9.17) is 0 Å². The summed E-state index contributed by atoms with van der Waals surface area (Å²) in [4.78, 5) is 30.3. The molecule has 2 unspecified atom stereocenters. The summed E-state index contributed by atoms with van der Waals surface area (Å²) >= 11 is 0. The lowest BCUT2D eigenvalue weighted by Crippen LogP contribution is -2.50. The van der Waals surface area contributed by atoms with E-state index >= 15 is 0 Å². The van der Waals surface area contributed by atoms with Gasteiger partial charge in [-0.05, 0) is 43.2 Å². The van der Waals surface area contributed by atoms with Gasteiger partial charge in [-0.3, -0.25) is 14.2 Å². The monoisotopic (exact) mass is 463 g/mol. The maximum atomic E-state index is 13.7. The number of benzene rings is 1. The second kappa shape index (κ2) is 8.60. The minimum Gasteiger partial charge on any atom is -0.391 e. The molecular formula is C23H22FN7O3. The van der Waals surface area contributed by atoms with E-state index in [1.165, 1.54) is 33.5 Å². The molecule has 0 saturated heterocycles. The van der Waals surface area contributed by atoms with Crippen LogP contribution in [0.15, 0.2) is 59.7 Å². The van der Waals surface area contributed by atoms with Gasteiger partial charge in [0.05, 0.1) is 24.0 Å². The third-order valence-electron chi connectivity index (χ3n) is 5.82. The van der Waals surface area contributed by atoms with Crippen LogP contribution in [0.4, 0.5) is 21.7 Å². The van der Waals surface area contributed by atoms with Crippen molar-refractivity contribution in [1.29, 1.82) is 0 Å². The molecule has 1 aliphatic carbocycles. The number of halogens is 1. The molecule has 4 aromatic rings. The normalized spacial score (nSPS) is 17.3. The Hall–Kier alpha value is -4.25. The molecule has 0 aliphatic heterocycles. The summed E-state index contributed by atoms with van der Waals surface area (Å²) in [7, 11) is 1.70. The van der Waals surface area contributed by atoms with E-state index in [2.05, 4.69) is 26.0 Å². The summed E-state index contributed by atoms with van der Waals surface area (Å²) in [6, 6.07) is 10.3. The largest absolute Gasteiger partial charge is 0.391 e. The molecule has 1 saturated carbocycles. The van der Waals surface area contributed by atoms with Crippen molar-refractivity contribution in [3.05, 3.63) is 76.6 Å². The van der Waals surface area contributed by atoms with Crippen LogP contribution in [0.25, 0.3) is 11.3 Å².